The van der Waals surface area contributed by atoms with E-state index in [1.54, 1.807) is 34.9 Å². The number of thiazole rings is 1. The van der Waals surface area contributed by atoms with E-state index >= 15 is 0 Å². The third kappa shape index (κ3) is 4.52. The average molecular weight is 478 g/mol. The fourth-order valence-electron chi connectivity index (χ4n) is 3.14. The smallest absolute Gasteiger partial charge is 0.307 e. The molecule has 1 aromatic heterocycles. The lowest BCUT2D eigenvalue weighted by Crippen LogP contribution is -2.36. The number of esters is 1. The van der Waals surface area contributed by atoms with Gasteiger partial charge in [-0.05, 0) is 30.3 Å². The van der Waals surface area contributed by atoms with E-state index in [1.165, 1.54) is 19.2 Å². The van der Waals surface area contributed by atoms with Crippen LogP contribution in [0.4, 0.5) is 0 Å². The van der Waals surface area contributed by atoms with Gasteiger partial charge in [0.25, 0.3) is 5.91 Å². The SMILES string of the molecule is COC(=O)CCn1c(=NC(=O)C2COc3ccccc3O2)sc2cc(S(N)(=O)=O)ccc21. The molecule has 1 aliphatic rings. The fraction of sp³-hybridized carbons (Fsp3) is 0.250. The topological polar surface area (TPSA) is 139 Å². The number of carbonyl (C=O) groups is 2. The Morgan fingerprint density at radius 2 is 2.00 bits per heavy atom. The predicted molar refractivity (Wildman–Crippen MR) is 115 cm³/mol. The maximum Gasteiger partial charge on any atom is 0.307 e. The number of nitrogens with two attached hydrogens (primary N) is 1. The zero-order valence-electron chi connectivity index (χ0n) is 16.9. The second-order valence-corrected chi connectivity index (χ2v) is 9.42. The monoisotopic (exact) mass is 477 g/mol. The molecule has 1 aliphatic heterocycles. The molecular weight excluding hydrogens is 458 g/mol. The van der Waals surface area contributed by atoms with Gasteiger partial charge in [0.15, 0.2) is 16.3 Å². The van der Waals surface area contributed by atoms with Crippen molar-refractivity contribution in [2.24, 2.45) is 10.1 Å². The first-order valence-electron chi connectivity index (χ1n) is 9.46. The summed E-state index contributed by atoms with van der Waals surface area (Å²) < 4.78 is 41.6. The summed E-state index contributed by atoms with van der Waals surface area (Å²) in [5.41, 5.74) is 0.601. The number of carbonyl (C=O) groups excluding carboxylic acids is 2. The molecule has 0 bridgehead atoms. The molecule has 10 nitrogen and oxygen atoms in total. The van der Waals surface area contributed by atoms with Crippen LogP contribution in [0.1, 0.15) is 6.42 Å². The van der Waals surface area contributed by atoms with E-state index in [0.717, 1.165) is 11.3 Å². The summed E-state index contributed by atoms with van der Waals surface area (Å²) in [6.07, 6.45) is -0.902. The molecule has 0 saturated heterocycles. The Morgan fingerprint density at radius 3 is 2.72 bits per heavy atom. The van der Waals surface area contributed by atoms with Gasteiger partial charge in [-0.3, -0.25) is 9.59 Å². The highest BCUT2D eigenvalue weighted by Crippen LogP contribution is 2.31. The second-order valence-electron chi connectivity index (χ2n) is 6.85. The van der Waals surface area contributed by atoms with Crippen molar-refractivity contribution in [3.05, 3.63) is 47.3 Å². The Hall–Kier alpha value is -3.22. The maximum atomic E-state index is 12.8. The first-order valence-corrected chi connectivity index (χ1v) is 11.8. The number of benzene rings is 2. The van der Waals surface area contributed by atoms with E-state index in [-0.39, 0.29) is 29.3 Å². The van der Waals surface area contributed by atoms with E-state index in [2.05, 4.69) is 4.99 Å². The van der Waals surface area contributed by atoms with Crippen molar-refractivity contribution in [1.82, 2.24) is 4.57 Å². The van der Waals surface area contributed by atoms with E-state index in [9.17, 15) is 18.0 Å². The predicted octanol–water partition coefficient (Wildman–Crippen LogP) is 1.18. The molecule has 4 rings (SSSR count). The number of primary sulfonamides is 1. The number of ether oxygens (including phenoxy) is 3. The minimum absolute atomic E-state index is 0.00195. The number of nitrogens with zero attached hydrogens (tertiary/aromatic N) is 2. The van der Waals surface area contributed by atoms with Gasteiger partial charge in [0.1, 0.15) is 6.61 Å². The van der Waals surface area contributed by atoms with Gasteiger partial charge in [-0.2, -0.15) is 4.99 Å². The van der Waals surface area contributed by atoms with Crippen LogP contribution >= 0.6 is 11.3 Å². The van der Waals surface area contributed by atoms with Gasteiger partial charge >= 0.3 is 5.97 Å². The normalized spacial score (nSPS) is 16.2. The molecule has 1 unspecified atom stereocenters. The Labute approximate surface area is 186 Å². The largest absolute Gasteiger partial charge is 0.485 e. The van der Waals surface area contributed by atoms with Gasteiger partial charge in [-0.25, -0.2) is 13.6 Å². The number of rotatable bonds is 5. The van der Waals surface area contributed by atoms with E-state index < -0.39 is 28.0 Å². The van der Waals surface area contributed by atoms with Crippen LogP contribution < -0.4 is 19.4 Å². The number of hydrogen-bond acceptors (Lipinski definition) is 8. The van der Waals surface area contributed by atoms with Crippen molar-refractivity contribution < 1.29 is 32.2 Å². The molecule has 0 aliphatic carbocycles. The summed E-state index contributed by atoms with van der Waals surface area (Å²) in [4.78, 5) is 28.9. The molecule has 2 heterocycles. The summed E-state index contributed by atoms with van der Waals surface area (Å²) in [5.74, 6) is -0.0115. The molecule has 1 amide bonds. The van der Waals surface area contributed by atoms with Crippen molar-refractivity contribution in [2.45, 2.75) is 24.0 Å². The molecule has 12 heteroatoms. The molecule has 0 saturated carbocycles. The summed E-state index contributed by atoms with van der Waals surface area (Å²) in [6.45, 7) is 0.181. The zero-order chi connectivity index (χ0) is 22.9. The van der Waals surface area contributed by atoms with Crippen molar-refractivity contribution in [2.75, 3.05) is 13.7 Å². The van der Waals surface area contributed by atoms with Crippen molar-refractivity contribution in [3.63, 3.8) is 0 Å². The van der Waals surface area contributed by atoms with Crippen LogP contribution in [0.5, 0.6) is 11.5 Å². The third-order valence-corrected chi connectivity index (χ3v) is 6.69. The third-order valence-electron chi connectivity index (χ3n) is 4.74. The summed E-state index contributed by atoms with van der Waals surface area (Å²) in [5, 5.41) is 5.23. The Bertz CT molecular complexity index is 1380. The Kier molecular flexibility index (Phi) is 6.00. The molecule has 32 heavy (non-hydrogen) atoms. The maximum absolute atomic E-state index is 12.8. The molecule has 2 N–H and O–H groups in total. The van der Waals surface area contributed by atoms with Gasteiger partial charge in [0.2, 0.25) is 16.1 Å². The van der Waals surface area contributed by atoms with Crippen molar-refractivity contribution >= 4 is 43.5 Å². The molecule has 0 fully saturated rings. The second kappa shape index (κ2) is 8.73. The first-order chi connectivity index (χ1) is 15.3. The number of amides is 1. The lowest BCUT2D eigenvalue weighted by atomic mass is 10.2. The van der Waals surface area contributed by atoms with Crippen LogP contribution in [0.2, 0.25) is 0 Å². The number of para-hydroxylation sites is 2. The molecule has 3 aromatic rings. The highest BCUT2D eigenvalue weighted by Gasteiger charge is 2.27. The van der Waals surface area contributed by atoms with Crippen LogP contribution in [-0.2, 0) is 30.9 Å². The van der Waals surface area contributed by atoms with Gasteiger partial charge in [-0.15, -0.1) is 0 Å². The minimum Gasteiger partial charge on any atom is -0.485 e. The molecule has 168 valence electrons. The quantitative estimate of drug-likeness (QED) is 0.544. The number of hydrogen-bond donors (Lipinski definition) is 1. The van der Waals surface area contributed by atoms with E-state index in [0.29, 0.717) is 21.7 Å². The van der Waals surface area contributed by atoms with Crippen LogP contribution in [0, 0.1) is 0 Å². The van der Waals surface area contributed by atoms with Crippen molar-refractivity contribution in [3.8, 4) is 11.5 Å². The van der Waals surface area contributed by atoms with Gasteiger partial charge in [0.05, 0.1) is 28.6 Å². The zero-order valence-corrected chi connectivity index (χ0v) is 18.5. The van der Waals surface area contributed by atoms with Crippen LogP contribution in [0.25, 0.3) is 10.2 Å². The number of methoxy groups -OCH3 is 1. The first kappa shape index (κ1) is 22.0. The van der Waals surface area contributed by atoms with Gasteiger partial charge in [0, 0.05) is 6.54 Å². The van der Waals surface area contributed by atoms with Crippen LogP contribution in [0.3, 0.4) is 0 Å². The van der Waals surface area contributed by atoms with E-state index in [4.69, 9.17) is 19.3 Å². The summed E-state index contributed by atoms with van der Waals surface area (Å²) in [7, 11) is -2.63. The van der Waals surface area contributed by atoms with E-state index in [1.807, 2.05) is 0 Å². The number of sulfonamides is 1. The van der Waals surface area contributed by atoms with Crippen molar-refractivity contribution in [1.29, 1.82) is 0 Å². The molecule has 2 aromatic carbocycles. The number of aromatic nitrogens is 1. The lowest BCUT2D eigenvalue weighted by Gasteiger charge is -2.23. The molecule has 0 radical (unpaired) electrons. The molecule has 1 atom stereocenters. The standard InChI is InChI=1S/C20H19N3O7S2/c1-28-18(24)8-9-23-13-7-6-12(32(21,26)27)10-17(13)31-20(23)22-19(25)16-11-29-14-4-2-3-5-15(14)30-16/h2-7,10,16H,8-9,11H2,1H3,(H2,21,26,27). The summed E-state index contributed by atoms with van der Waals surface area (Å²) in [6, 6.07) is 11.3. The minimum atomic E-state index is -3.91. The molecular formula is C20H19N3O7S2. The Morgan fingerprint density at radius 1 is 1.25 bits per heavy atom. The highest BCUT2D eigenvalue weighted by molar-refractivity contribution is 7.89. The Balaban J connectivity index is 1.73. The summed E-state index contributed by atoms with van der Waals surface area (Å²) >= 11 is 1.10. The van der Waals surface area contributed by atoms with Crippen LogP contribution in [0.15, 0.2) is 52.4 Å². The van der Waals surface area contributed by atoms with Gasteiger partial charge < -0.3 is 18.8 Å². The highest BCUT2D eigenvalue weighted by atomic mass is 32.2. The van der Waals surface area contributed by atoms with Gasteiger partial charge in [-0.1, -0.05) is 23.5 Å². The van der Waals surface area contributed by atoms with Crippen LogP contribution in [-0.4, -0.2) is 44.7 Å². The fourth-order valence-corrected chi connectivity index (χ4v) is 4.86. The average Bonchev–Trinajstić information content (AvgIpc) is 3.12. The lowest BCUT2D eigenvalue weighted by molar-refractivity contribution is -0.140. The molecule has 0 spiro atoms. The number of aryl methyl sites for hydroxylation is 1. The number of fused-ring (bicyclic) bond motifs is 2.